The first-order chi connectivity index (χ1) is 13.6. The molecule has 0 spiro atoms. The van der Waals surface area contributed by atoms with Gasteiger partial charge in [0.05, 0.1) is 46.3 Å². The number of fused-ring (bicyclic) bond motifs is 1. The molecule has 2 aromatic carbocycles. The second kappa shape index (κ2) is 8.51. The van der Waals surface area contributed by atoms with Crippen molar-refractivity contribution >= 4 is 11.7 Å². The van der Waals surface area contributed by atoms with Gasteiger partial charge in [0.1, 0.15) is 11.5 Å². The van der Waals surface area contributed by atoms with E-state index >= 15 is 0 Å². The average Bonchev–Trinajstić information content (AvgIpc) is 2.75. The van der Waals surface area contributed by atoms with Gasteiger partial charge in [0.25, 0.3) is 0 Å². The highest BCUT2D eigenvalue weighted by atomic mass is 16.7. The van der Waals surface area contributed by atoms with E-state index in [2.05, 4.69) is 5.16 Å². The van der Waals surface area contributed by atoms with Crippen molar-refractivity contribution in [3.63, 3.8) is 0 Å². The molecule has 0 fully saturated rings. The van der Waals surface area contributed by atoms with Gasteiger partial charge in [-0.3, -0.25) is 0 Å². The van der Waals surface area contributed by atoms with Gasteiger partial charge in [-0.25, -0.2) is 4.79 Å². The van der Waals surface area contributed by atoms with Gasteiger partial charge in [-0.05, 0) is 24.3 Å². The van der Waals surface area contributed by atoms with E-state index in [0.29, 0.717) is 47.5 Å². The lowest BCUT2D eigenvalue weighted by Crippen LogP contribution is -2.17. The van der Waals surface area contributed by atoms with Gasteiger partial charge < -0.3 is 28.5 Å². The molecule has 0 aromatic heterocycles. The Morgan fingerprint density at radius 2 is 1.68 bits per heavy atom. The van der Waals surface area contributed by atoms with Crippen molar-refractivity contribution < 1.29 is 33.3 Å². The molecule has 0 N–H and O–H groups in total. The van der Waals surface area contributed by atoms with E-state index in [0.717, 1.165) is 5.56 Å². The van der Waals surface area contributed by atoms with E-state index in [4.69, 9.17) is 28.5 Å². The Labute approximate surface area is 162 Å². The van der Waals surface area contributed by atoms with Crippen molar-refractivity contribution in [2.24, 2.45) is 5.16 Å². The molecule has 2 aromatic rings. The zero-order chi connectivity index (χ0) is 20.1. The van der Waals surface area contributed by atoms with Crippen molar-refractivity contribution in [1.82, 2.24) is 0 Å². The molecule has 3 rings (SSSR count). The molecule has 0 aliphatic carbocycles. The molecule has 0 amide bonds. The molecule has 0 atom stereocenters. The largest absolute Gasteiger partial charge is 0.497 e. The standard InChI is InChI=1S/C20H21NO7/c1-23-13-5-6-14-15(7-8-27-16(14)11-13)21-28-20(22)12-9-17(24-2)19(26-4)18(10-12)25-3/h5-6,9-11H,7-8H2,1-4H3. The maximum atomic E-state index is 12.5. The van der Waals surface area contributed by atoms with Crippen molar-refractivity contribution in [1.29, 1.82) is 0 Å². The lowest BCUT2D eigenvalue weighted by molar-refractivity contribution is 0.0513. The Balaban J connectivity index is 1.85. The second-order valence-electron chi connectivity index (χ2n) is 5.79. The predicted octanol–water partition coefficient (Wildman–Crippen LogP) is 3.06. The quantitative estimate of drug-likeness (QED) is 0.556. The van der Waals surface area contributed by atoms with Crippen molar-refractivity contribution in [2.45, 2.75) is 6.42 Å². The van der Waals surface area contributed by atoms with Crippen LogP contribution in [0.25, 0.3) is 0 Å². The van der Waals surface area contributed by atoms with Crippen LogP contribution in [0, 0.1) is 0 Å². The molecule has 148 valence electrons. The predicted molar refractivity (Wildman–Crippen MR) is 101 cm³/mol. The van der Waals surface area contributed by atoms with Crippen LogP contribution in [0.5, 0.6) is 28.7 Å². The minimum atomic E-state index is -0.645. The second-order valence-corrected chi connectivity index (χ2v) is 5.79. The van der Waals surface area contributed by atoms with E-state index in [1.807, 2.05) is 6.07 Å². The average molecular weight is 387 g/mol. The summed E-state index contributed by atoms with van der Waals surface area (Å²) in [5, 5.41) is 4.04. The van der Waals surface area contributed by atoms with Crippen LogP contribution in [-0.2, 0) is 4.84 Å². The number of methoxy groups -OCH3 is 4. The van der Waals surface area contributed by atoms with Gasteiger partial charge in [0.2, 0.25) is 5.75 Å². The summed E-state index contributed by atoms with van der Waals surface area (Å²) < 4.78 is 26.6. The number of carbonyl (C=O) groups is 1. The van der Waals surface area contributed by atoms with Gasteiger partial charge >= 0.3 is 5.97 Å². The fraction of sp³-hybridized carbons (Fsp3) is 0.300. The molecule has 8 heteroatoms. The third-order valence-corrected chi connectivity index (χ3v) is 4.24. The molecule has 1 aliphatic heterocycles. The number of nitrogens with zero attached hydrogens (tertiary/aromatic N) is 1. The van der Waals surface area contributed by atoms with Gasteiger partial charge in [0.15, 0.2) is 11.5 Å². The van der Waals surface area contributed by atoms with Crippen LogP contribution in [-0.4, -0.2) is 46.7 Å². The summed E-state index contributed by atoms with van der Waals surface area (Å²) in [6.07, 6.45) is 0.516. The molecule has 28 heavy (non-hydrogen) atoms. The first-order valence-electron chi connectivity index (χ1n) is 8.50. The number of oxime groups is 1. The van der Waals surface area contributed by atoms with Crippen LogP contribution >= 0.6 is 0 Å². The molecule has 0 radical (unpaired) electrons. The van der Waals surface area contributed by atoms with Crippen LogP contribution in [0.4, 0.5) is 0 Å². The van der Waals surface area contributed by atoms with Crippen molar-refractivity contribution in [3.05, 3.63) is 41.5 Å². The van der Waals surface area contributed by atoms with E-state index < -0.39 is 5.97 Å². The Hall–Kier alpha value is -3.42. The lowest BCUT2D eigenvalue weighted by Gasteiger charge is -2.19. The van der Waals surface area contributed by atoms with Gasteiger partial charge in [-0.15, -0.1) is 0 Å². The van der Waals surface area contributed by atoms with Crippen LogP contribution < -0.4 is 23.7 Å². The fourth-order valence-electron chi connectivity index (χ4n) is 2.82. The van der Waals surface area contributed by atoms with Crippen LogP contribution in [0.15, 0.2) is 35.5 Å². The van der Waals surface area contributed by atoms with Gasteiger partial charge in [0, 0.05) is 18.1 Å². The maximum absolute atomic E-state index is 12.5. The normalized spacial score (nSPS) is 13.9. The third kappa shape index (κ3) is 3.80. The maximum Gasteiger partial charge on any atom is 0.366 e. The highest BCUT2D eigenvalue weighted by Gasteiger charge is 2.21. The zero-order valence-corrected chi connectivity index (χ0v) is 16.1. The van der Waals surface area contributed by atoms with Crippen LogP contribution in [0.1, 0.15) is 22.3 Å². The monoisotopic (exact) mass is 387 g/mol. The summed E-state index contributed by atoms with van der Waals surface area (Å²) in [6, 6.07) is 8.40. The Morgan fingerprint density at radius 1 is 0.964 bits per heavy atom. The number of benzene rings is 2. The molecule has 8 nitrogen and oxygen atoms in total. The summed E-state index contributed by atoms with van der Waals surface area (Å²) in [4.78, 5) is 17.7. The number of rotatable bonds is 6. The van der Waals surface area contributed by atoms with E-state index in [9.17, 15) is 4.79 Å². The molecule has 0 bridgehead atoms. The summed E-state index contributed by atoms with van der Waals surface area (Å²) >= 11 is 0. The molecular formula is C20H21NO7. The fourth-order valence-corrected chi connectivity index (χ4v) is 2.82. The molecule has 1 heterocycles. The van der Waals surface area contributed by atoms with Crippen molar-refractivity contribution in [2.75, 3.05) is 35.0 Å². The number of ether oxygens (including phenoxy) is 5. The number of hydrogen-bond acceptors (Lipinski definition) is 8. The molecule has 0 saturated carbocycles. The van der Waals surface area contributed by atoms with Crippen molar-refractivity contribution in [3.8, 4) is 28.7 Å². The Bertz CT molecular complexity index is 882. The van der Waals surface area contributed by atoms with Crippen LogP contribution in [0.2, 0.25) is 0 Å². The van der Waals surface area contributed by atoms with E-state index in [1.165, 1.54) is 33.5 Å². The molecule has 0 saturated heterocycles. The summed E-state index contributed by atoms with van der Waals surface area (Å²) in [7, 11) is 6.01. The molecule has 0 unspecified atom stereocenters. The summed E-state index contributed by atoms with van der Waals surface area (Å²) in [5.74, 6) is 1.76. The van der Waals surface area contributed by atoms with Gasteiger partial charge in [-0.1, -0.05) is 5.16 Å². The SMILES string of the molecule is COc1ccc2c(c1)OCCC2=NOC(=O)c1cc(OC)c(OC)c(OC)c1. The first kappa shape index (κ1) is 19.3. The summed E-state index contributed by atoms with van der Waals surface area (Å²) in [5.41, 5.74) is 1.59. The number of hydrogen-bond donors (Lipinski definition) is 0. The van der Waals surface area contributed by atoms with Crippen LogP contribution in [0.3, 0.4) is 0 Å². The van der Waals surface area contributed by atoms with E-state index in [-0.39, 0.29) is 5.56 Å². The molecular weight excluding hydrogens is 366 g/mol. The van der Waals surface area contributed by atoms with E-state index in [1.54, 1.807) is 19.2 Å². The highest BCUT2D eigenvalue weighted by molar-refractivity contribution is 6.04. The highest BCUT2D eigenvalue weighted by Crippen LogP contribution is 2.38. The first-order valence-corrected chi connectivity index (χ1v) is 8.50. The summed E-state index contributed by atoms with van der Waals surface area (Å²) in [6.45, 7) is 0.431. The lowest BCUT2D eigenvalue weighted by atomic mass is 10.0. The third-order valence-electron chi connectivity index (χ3n) is 4.24. The minimum absolute atomic E-state index is 0.223. The zero-order valence-electron chi connectivity index (χ0n) is 16.1. The Morgan fingerprint density at radius 3 is 2.29 bits per heavy atom. The number of carbonyl (C=O) groups excluding carboxylic acids is 1. The molecule has 1 aliphatic rings. The van der Waals surface area contributed by atoms with Gasteiger partial charge in [-0.2, -0.15) is 0 Å². The smallest absolute Gasteiger partial charge is 0.366 e. The minimum Gasteiger partial charge on any atom is -0.497 e. The Kier molecular flexibility index (Phi) is 5.88. The topological polar surface area (TPSA) is 84.8 Å².